The Morgan fingerprint density at radius 2 is 2.27 bits per heavy atom. The molecule has 4 nitrogen and oxygen atoms in total. The van der Waals surface area contributed by atoms with E-state index in [4.69, 9.17) is 0 Å². The van der Waals surface area contributed by atoms with Gasteiger partial charge in [0.05, 0.1) is 6.54 Å². The number of unbranched alkanes of at least 4 members (excludes halogenated alkanes) is 1. The van der Waals surface area contributed by atoms with Crippen molar-refractivity contribution < 1.29 is 9.59 Å². The molecule has 1 rings (SSSR count). The highest BCUT2D eigenvalue weighted by Gasteiger charge is 2.18. The fourth-order valence-electron chi connectivity index (χ4n) is 1.55. The van der Waals surface area contributed by atoms with Crippen LogP contribution in [-0.4, -0.2) is 41.7 Å². The van der Waals surface area contributed by atoms with E-state index in [2.05, 4.69) is 21.2 Å². The molecular weight excluding hydrogens is 260 g/mol. The summed E-state index contributed by atoms with van der Waals surface area (Å²) in [6, 6.07) is 0. The average Bonchev–Trinajstić information content (AvgIpc) is 2.43. The number of alkyl halides is 1. The number of hydrogen-bond acceptors (Lipinski definition) is 2. The molecule has 0 aromatic heterocycles. The van der Waals surface area contributed by atoms with Gasteiger partial charge in [0.2, 0.25) is 11.8 Å². The van der Waals surface area contributed by atoms with Gasteiger partial charge >= 0.3 is 0 Å². The van der Waals surface area contributed by atoms with Crippen molar-refractivity contribution in [2.45, 2.75) is 25.7 Å². The van der Waals surface area contributed by atoms with Crippen molar-refractivity contribution in [1.82, 2.24) is 10.2 Å². The summed E-state index contributed by atoms with van der Waals surface area (Å²) in [4.78, 5) is 24.6. The van der Waals surface area contributed by atoms with Crippen LogP contribution in [0.2, 0.25) is 0 Å². The van der Waals surface area contributed by atoms with Crippen LogP contribution in [0.4, 0.5) is 0 Å². The van der Waals surface area contributed by atoms with Gasteiger partial charge in [-0.1, -0.05) is 15.9 Å². The zero-order valence-electron chi connectivity index (χ0n) is 8.80. The number of carbonyl (C=O) groups excluding carboxylic acids is 2. The molecule has 0 radical (unpaired) electrons. The Bertz CT molecular complexity index is 233. The van der Waals surface area contributed by atoms with Crippen LogP contribution >= 0.6 is 15.9 Å². The number of nitrogens with one attached hydrogen (secondary N) is 1. The van der Waals surface area contributed by atoms with Crippen LogP contribution in [0.5, 0.6) is 0 Å². The number of carbonyl (C=O) groups is 2. The highest BCUT2D eigenvalue weighted by Crippen LogP contribution is 2.04. The first-order valence-electron chi connectivity index (χ1n) is 5.34. The van der Waals surface area contributed by atoms with Gasteiger partial charge in [-0.2, -0.15) is 0 Å². The summed E-state index contributed by atoms with van der Waals surface area (Å²) in [5.74, 6) is 0.0642. The van der Waals surface area contributed by atoms with E-state index in [0.717, 1.165) is 24.6 Å². The molecule has 1 N–H and O–H groups in total. The summed E-state index contributed by atoms with van der Waals surface area (Å²) in [6.07, 6.45) is 3.31. The standard InChI is InChI=1S/C10H17BrN2O2/c11-5-2-1-4-10(15)13-7-3-6-12-9(14)8-13/h1-8H2,(H,12,14). The zero-order chi connectivity index (χ0) is 11.1. The number of amides is 2. The van der Waals surface area contributed by atoms with E-state index in [-0.39, 0.29) is 18.4 Å². The Kier molecular flexibility index (Phi) is 5.68. The van der Waals surface area contributed by atoms with E-state index in [1.807, 2.05) is 0 Å². The molecule has 15 heavy (non-hydrogen) atoms. The summed E-state index contributed by atoms with van der Waals surface area (Å²) in [5.41, 5.74) is 0. The predicted molar refractivity (Wildman–Crippen MR) is 61.9 cm³/mol. The first-order valence-corrected chi connectivity index (χ1v) is 6.46. The minimum Gasteiger partial charge on any atom is -0.354 e. The lowest BCUT2D eigenvalue weighted by Gasteiger charge is -2.18. The van der Waals surface area contributed by atoms with Gasteiger partial charge in [-0.25, -0.2) is 0 Å². The first-order chi connectivity index (χ1) is 7.24. The molecule has 1 aliphatic heterocycles. The highest BCUT2D eigenvalue weighted by atomic mass is 79.9. The Balaban J connectivity index is 2.33. The molecule has 5 heteroatoms. The van der Waals surface area contributed by atoms with Crippen molar-refractivity contribution in [1.29, 1.82) is 0 Å². The van der Waals surface area contributed by atoms with Gasteiger partial charge in [-0.3, -0.25) is 9.59 Å². The fourth-order valence-corrected chi connectivity index (χ4v) is 1.94. The van der Waals surface area contributed by atoms with Gasteiger partial charge in [-0.15, -0.1) is 0 Å². The lowest BCUT2D eigenvalue weighted by Crippen LogP contribution is -2.37. The molecule has 0 saturated carbocycles. The maximum absolute atomic E-state index is 11.7. The number of nitrogens with zero attached hydrogens (tertiary/aromatic N) is 1. The maximum Gasteiger partial charge on any atom is 0.239 e. The molecule has 0 aliphatic carbocycles. The van der Waals surface area contributed by atoms with Crippen molar-refractivity contribution in [2.75, 3.05) is 25.0 Å². The smallest absolute Gasteiger partial charge is 0.239 e. The normalized spacial score (nSPS) is 17.1. The summed E-state index contributed by atoms with van der Waals surface area (Å²) in [7, 11) is 0. The second kappa shape index (κ2) is 6.82. The van der Waals surface area contributed by atoms with Crippen LogP contribution in [0.1, 0.15) is 25.7 Å². The minimum atomic E-state index is -0.0404. The first kappa shape index (κ1) is 12.5. The Morgan fingerprint density at radius 3 is 3.00 bits per heavy atom. The zero-order valence-corrected chi connectivity index (χ0v) is 10.4. The number of rotatable bonds is 4. The van der Waals surface area contributed by atoms with Crippen molar-refractivity contribution in [2.24, 2.45) is 0 Å². The van der Waals surface area contributed by atoms with Gasteiger partial charge < -0.3 is 10.2 Å². The fraction of sp³-hybridized carbons (Fsp3) is 0.800. The third-order valence-electron chi connectivity index (χ3n) is 2.39. The third-order valence-corrected chi connectivity index (χ3v) is 2.95. The van der Waals surface area contributed by atoms with Crippen LogP contribution < -0.4 is 5.32 Å². The quantitative estimate of drug-likeness (QED) is 0.613. The Labute approximate surface area is 98.5 Å². The maximum atomic E-state index is 11.7. The highest BCUT2D eigenvalue weighted by molar-refractivity contribution is 9.09. The second-order valence-electron chi connectivity index (χ2n) is 3.66. The summed E-state index contributed by atoms with van der Waals surface area (Å²) >= 11 is 3.33. The van der Waals surface area contributed by atoms with E-state index < -0.39 is 0 Å². The van der Waals surface area contributed by atoms with Crippen LogP contribution in [-0.2, 0) is 9.59 Å². The van der Waals surface area contributed by atoms with E-state index in [1.165, 1.54) is 0 Å². The molecule has 0 bridgehead atoms. The average molecular weight is 277 g/mol. The number of halogens is 1. The lowest BCUT2D eigenvalue weighted by atomic mass is 10.2. The molecule has 0 spiro atoms. The van der Waals surface area contributed by atoms with Crippen molar-refractivity contribution in [3.63, 3.8) is 0 Å². The molecule has 1 saturated heterocycles. The van der Waals surface area contributed by atoms with Crippen molar-refractivity contribution >= 4 is 27.7 Å². The van der Waals surface area contributed by atoms with Crippen LogP contribution in [0.15, 0.2) is 0 Å². The monoisotopic (exact) mass is 276 g/mol. The molecule has 0 aromatic rings. The van der Waals surface area contributed by atoms with Gasteiger partial charge in [0.1, 0.15) is 0 Å². The van der Waals surface area contributed by atoms with E-state index in [1.54, 1.807) is 4.90 Å². The largest absolute Gasteiger partial charge is 0.354 e. The molecule has 1 heterocycles. The van der Waals surface area contributed by atoms with Crippen LogP contribution in [0.3, 0.4) is 0 Å². The van der Waals surface area contributed by atoms with Gasteiger partial charge in [0.15, 0.2) is 0 Å². The van der Waals surface area contributed by atoms with E-state index >= 15 is 0 Å². The predicted octanol–water partition coefficient (Wildman–Crippen LogP) is 0.900. The summed E-state index contributed by atoms with van der Waals surface area (Å²) in [5, 5.41) is 3.69. The summed E-state index contributed by atoms with van der Waals surface area (Å²) < 4.78 is 0. The molecule has 0 atom stereocenters. The summed E-state index contributed by atoms with van der Waals surface area (Å²) in [6.45, 7) is 1.61. The molecule has 1 aliphatic rings. The Morgan fingerprint density at radius 1 is 1.47 bits per heavy atom. The molecular formula is C10H17BrN2O2. The Hall–Kier alpha value is -0.580. The number of hydrogen-bond donors (Lipinski definition) is 1. The molecule has 1 fully saturated rings. The van der Waals surface area contributed by atoms with Gasteiger partial charge in [0.25, 0.3) is 0 Å². The van der Waals surface area contributed by atoms with Gasteiger partial charge in [-0.05, 0) is 19.3 Å². The van der Waals surface area contributed by atoms with Crippen molar-refractivity contribution in [3.05, 3.63) is 0 Å². The third kappa shape index (κ3) is 4.64. The minimum absolute atomic E-state index is 0.0404. The lowest BCUT2D eigenvalue weighted by molar-refractivity contribution is -0.135. The van der Waals surface area contributed by atoms with Crippen molar-refractivity contribution in [3.8, 4) is 0 Å². The van der Waals surface area contributed by atoms with Crippen LogP contribution in [0.25, 0.3) is 0 Å². The second-order valence-corrected chi connectivity index (χ2v) is 4.46. The SMILES string of the molecule is O=C1CN(C(=O)CCCCBr)CCCN1. The molecule has 2 amide bonds. The topological polar surface area (TPSA) is 49.4 Å². The van der Waals surface area contributed by atoms with E-state index in [9.17, 15) is 9.59 Å². The van der Waals surface area contributed by atoms with E-state index in [0.29, 0.717) is 19.5 Å². The van der Waals surface area contributed by atoms with Gasteiger partial charge in [0, 0.05) is 24.8 Å². The van der Waals surface area contributed by atoms with Crippen LogP contribution in [0, 0.1) is 0 Å². The molecule has 0 aromatic carbocycles. The molecule has 0 unspecified atom stereocenters. The molecule has 86 valence electrons.